The summed E-state index contributed by atoms with van der Waals surface area (Å²) in [4.78, 5) is 15.6. The van der Waals surface area contributed by atoms with Gasteiger partial charge in [-0.1, -0.05) is 12.1 Å². The van der Waals surface area contributed by atoms with E-state index in [1.807, 2.05) is 24.3 Å². The topological polar surface area (TPSA) is 55.1 Å². The first-order valence-electron chi connectivity index (χ1n) is 5.57. The summed E-state index contributed by atoms with van der Waals surface area (Å²) in [5.41, 5.74) is 2.47. The van der Waals surface area contributed by atoms with Crippen LogP contribution in [0.15, 0.2) is 34.9 Å². The van der Waals surface area contributed by atoms with Crippen molar-refractivity contribution < 1.29 is 9.21 Å². The third-order valence-electron chi connectivity index (χ3n) is 2.40. The molecular weight excluding hydrogens is 252 g/mol. The SMILES string of the molecule is Cc1nc(-c2ccc(NC(=O)CCCl)cc2)co1. The molecule has 5 heteroatoms. The summed E-state index contributed by atoms with van der Waals surface area (Å²) < 4.78 is 5.15. The van der Waals surface area contributed by atoms with Gasteiger partial charge >= 0.3 is 0 Å². The van der Waals surface area contributed by atoms with E-state index in [0.29, 0.717) is 18.2 Å². The number of alkyl halides is 1. The second-order valence-corrected chi connectivity index (χ2v) is 4.19. The summed E-state index contributed by atoms with van der Waals surface area (Å²) >= 11 is 5.49. The molecule has 0 fully saturated rings. The molecular formula is C13H13ClN2O2. The van der Waals surface area contributed by atoms with E-state index in [0.717, 1.165) is 16.9 Å². The van der Waals surface area contributed by atoms with Crippen LogP contribution < -0.4 is 5.32 Å². The number of aromatic nitrogens is 1. The fourth-order valence-electron chi connectivity index (χ4n) is 1.53. The lowest BCUT2D eigenvalue weighted by atomic mass is 10.1. The summed E-state index contributed by atoms with van der Waals surface area (Å²) in [6, 6.07) is 7.41. The van der Waals surface area contributed by atoms with Gasteiger partial charge in [0, 0.05) is 30.5 Å². The summed E-state index contributed by atoms with van der Waals surface area (Å²) in [5, 5.41) is 2.76. The van der Waals surface area contributed by atoms with E-state index in [1.165, 1.54) is 0 Å². The molecule has 0 aliphatic rings. The van der Waals surface area contributed by atoms with Crippen LogP contribution in [-0.2, 0) is 4.79 Å². The van der Waals surface area contributed by atoms with Crippen LogP contribution in [0.1, 0.15) is 12.3 Å². The lowest BCUT2D eigenvalue weighted by molar-refractivity contribution is -0.115. The van der Waals surface area contributed by atoms with Crippen LogP contribution in [0, 0.1) is 6.92 Å². The monoisotopic (exact) mass is 264 g/mol. The van der Waals surface area contributed by atoms with Gasteiger partial charge in [-0.05, 0) is 12.1 Å². The fraction of sp³-hybridized carbons (Fsp3) is 0.231. The number of rotatable bonds is 4. The van der Waals surface area contributed by atoms with Gasteiger partial charge < -0.3 is 9.73 Å². The summed E-state index contributed by atoms with van der Waals surface area (Å²) in [6.07, 6.45) is 1.92. The smallest absolute Gasteiger partial charge is 0.225 e. The van der Waals surface area contributed by atoms with Gasteiger partial charge in [0.1, 0.15) is 12.0 Å². The quantitative estimate of drug-likeness (QED) is 0.863. The maximum absolute atomic E-state index is 11.3. The van der Waals surface area contributed by atoms with Crippen LogP contribution in [0.5, 0.6) is 0 Å². The van der Waals surface area contributed by atoms with Gasteiger partial charge in [-0.3, -0.25) is 4.79 Å². The lowest BCUT2D eigenvalue weighted by Gasteiger charge is -2.04. The van der Waals surface area contributed by atoms with Crippen LogP contribution >= 0.6 is 11.6 Å². The van der Waals surface area contributed by atoms with Gasteiger partial charge in [-0.25, -0.2) is 4.98 Å². The number of anilines is 1. The molecule has 2 rings (SSSR count). The van der Waals surface area contributed by atoms with Crippen molar-refractivity contribution in [3.8, 4) is 11.3 Å². The number of hydrogen-bond donors (Lipinski definition) is 1. The zero-order valence-corrected chi connectivity index (χ0v) is 10.7. The van der Waals surface area contributed by atoms with Crippen LogP contribution in [0.3, 0.4) is 0 Å². The minimum absolute atomic E-state index is 0.0879. The van der Waals surface area contributed by atoms with E-state index in [9.17, 15) is 4.79 Å². The highest BCUT2D eigenvalue weighted by molar-refractivity contribution is 6.19. The minimum Gasteiger partial charge on any atom is -0.449 e. The largest absolute Gasteiger partial charge is 0.449 e. The molecule has 1 aromatic heterocycles. The number of hydrogen-bond acceptors (Lipinski definition) is 3. The first-order chi connectivity index (χ1) is 8.69. The number of carbonyl (C=O) groups is 1. The maximum Gasteiger partial charge on any atom is 0.225 e. The molecule has 0 unspecified atom stereocenters. The molecule has 0 aliphatic carbocycles. The van der Waals surface area contributed by atoms with E-state index in [2.05, 4.69) is 10.3 Å². The Bertz CT molecular complexity index is 534. The molecule has 4 nitrogen and oxygen atoms in total. The Morgan fingerprint density at radius 1 is 1.39 bits per heavy atom. The predicted octanol–water partition coefficient (Wildman–Crippen LogP) is 3.22. The first-order valence-corrected chi connectivity index (χ1v) is 6.11. The summed E-state index contributed by atoms with van der Waals surface area (Å²) in [6.45, 7) is 1.80. The standard InChI is InChI=1S/C13H13ClN2O2/c1-9-15-12(8-18-9)10-2-4-11(5-3-10)16-13(17)6-7-14/h2-5,8H,6-7H2,1H3,(H,16,17). The van der Waals surface area contributed by atoms with Gasteiger partial charge in [-0.2, -0.15) is 0 Å². The molecule has 18 heavy (non-hydrogen) atoms. The van der Waals surface area contributed by atoms with Gasteiger partial charge in [0.05, 0.1) is 0 Å². The molecule has 94 valence electrons. The number of oxazole rings is 1. The van der Waals surface area contributed by atoms with Crippen molar-refractivity contribution >= 4 is 23.2 Å². The Morgan fingerprint density at radius 3 is 2.67 bits per heavy atom. The molecule has 1 heterocycles. The molecule has 0 saturated carbocycles. The van der Waals surface area contributed by atoms with E-state index in [4.69, 9.17) is 16.0 Å². The number of carbonyl (C=O) groups excluding carboxylic acids is 1. The zero-order chi connectivity index (χ0) is 13.0. The normalized spacial score (nSPS) is 10.3. The van der Waals surface area contributed by atoms with Crippen LogP contribution in [0.2, 0.25) is 0 Å². The first kappa shape index (κ1) is 12.6. The Balaban J connectivity index is 2.08. The van der Waals surface area contributed by atoms with Crippen molar-refractivity contribution in [3.63, 3.8) is 0 Å². The third-order valence-corrected chi connectivity index (χ3v) is 2.59. The van der Waals surface area contributed by atoms with E-state index < -0.39 is 0 Å². The van der Waals surface area contributed by atoms with Crippen molar-refractivity contribution in [2.75, 3.05) is 11.2 Å². The Morgan fingerprint density at radius 2 is 2.11 bits per heavy atom. The Labute approximate surface area is 110 Å². The number of amides is 1. The van der Waals surface area contributed by atoms with Crippen molar-refractivity contribution in [2.24, 2.45) is 0 Å². The third kappa shape index (κ3) is 3.11. The van der Waals surface area contributed by atoms with Crippen LogP contribution in [0.25, 0.3) is 11.3 Å². The van der Waals surface area contributed by atoms with Gasteiger partial charge in [0.15, 0.2) is 5.89 Å². The Hall–Kier alpha value is -1.81. The maximum atomic E-state index is 11.3. The number of aryl methyl sites for hydroxylation is 1. The Kier molecular flexibility index (Phi) is 3.99. The predicted molar refractivity (Wildman–Crippen MR) is 70.6 cm³/mol. The van der Waals surface area contributed by atoms with Gasteiger partial charge in [0.25, 0.3) is 0 Å². The van der Waals surface area contributed by atoms with E-state index in [1.54, 1.807) is 13.2 Å². The van der Waals surface area contributed by atoms with Crippen LogP contribution in [0.4, 0.5) is 5.69 Å². The number of halogens is 1. The second kappa shape index (κ2) is 5.69. The molecule has 1 amide bonds. The minimum atomic E-state index is -0.0879. The van der Waals surface area contributed by atoms with Gasteiger partial charge in [0.2, 0.25) is 5.91 Å². The average molecular weight is 265 g/mol. The summed E-state index contributed by atoms with van der Waals surface area (Å²) in [5.74, 6) is 0.863. The van der Waals surface area contributed by atoms with Crippen molar-refractivity contribution in [1.82, 2.24) is 4.98 Å². The van der Waals surface area contributed by atoms with Crippen LogP contribution in [-0.4, -0.2) is 16.8 Å². The molecule has 0 bridgehead atoms. The molecule has 1 N–H and O–H groups in total. The number of benzene rings is 1. The molecule has 0 saturated heterocycles. The number of nitrogens with one attached hydrogen (secondary N) is 1. The van der Waals surface area contributed by atoms with Gasteiger partial charge in [-0.15, -0.1) is 11.6 Å². The molecule has 0 atom stereocenters. The zero-order valence-electron chi connectivity index (χ0n) is 9.94. The summed E-state index contributed by atoms with van der Waals surface area (Å²) in [7, 11) is 0. The van der Waals surface area contributed by atoms with E-state index in [-0.39, 0.29) is 5.91 Å². The highest BCUT2D eigenvalue weighted by Crippen LogP contribution is 2.20. The van der Waals surface area contributed by atoms with E-state index >= 15 is 0 Å². The number of nitrogens with zero attached hydrogens (tertiary/aromatic N) is 1. The fourth-order valence-corrected chi connectivity index (χ4v) is 1.70. The highest BCUT2D eigenvalue weighted by Gasteiger charge is 2.04. The van der Waals surface area contributed by atoms with Crippen molar-refractivity contribution in [3.05, 3.63) is 36.4 Å². The molecule has 0 spiro atoms. The van der Waals surface area contributed by atoms with Crippen molar-refractivity contribution in [2.45, 2.75) is 13.3 Å². The van der Waals surface area contributed by atoms with Crippen molar-refractivity contribution in [1.29, 1.82) is 0 Å². The lowest BCUT2D eigenvalue weighted by Crippen LogP contribution is -2.11. The molecule has 2 aromatic rings. The highest BCUT2D eigenvalue weighted by atomic mass is 35.5. The average Bonchev–Trinajstić information content (AvgIpc) is 2.77. The molecule has 1 aromatic carbocycles. The second-order valence-electron chi connectivity index (χ2n) is 3.82. The molecule has 0 radical (unpaired) electrons. The molecule has 0 aliphatic heterocycles.